The van der Waals surface area contributed by atoms with E-state index in [1.54, 1.807) is 6.20 Å². The van der Waals surface area contributed by atoms with E-state index in [0.717, 1.165) is 7.14 Å². The van der Waals surface area contributed by atoms with E-state index in [-0.39, 0.29) is 11.1 Å². The summed E-state index contributed by atoms with van der Waals surface area (Å²) in [5, 5.41) is 4.10. The van der Waals surface area contributed by atoms with E-state index in [1.807, 2.05) is 20.8 Å². The largest absolute Gasteiger partial charge is 0.281 e. The van der Waals surface area contributed by atoms with Crippen LogP contribution in [0, 0.1) is 7.14 Å². The topological polar surface area (TPSA) is 34.9 Å². The predicted molar refractivity (Wildman–Crippen MR) is 68.9 cm³/mol. The summed E-state index contributed by atoms with van der Waals surface area (Å²) >= 11 is 4.17. The van der Waals surface area contributed by atoms with Gasteiger partial charge >= 0.3 is 0 Å². The molecule has 0 aliphatic heterocycles. The van der Waals surface area contributed by atoms with Gasteiger partial charge in [0.1, 0.15) is 0 Å². The van der Waals surface area contributed by atoms with Crippen molar-refractivity contribution in [2.45, 2.75) is 26.3 Å². The SMILES string of the molecule is CC(C)(C)n1ncc(I)c(I)c1=O. The minimum absolute atomic E-state index is 0.0139. The predicted octanol–water partition coefficient (Wildman–Crippen LogP) is 2.21. The van der Waals surface area contributed by atoms with Crippen molar-refractivity contribution in [3.8, 4) is 0 Å². The van der Waals surface area contributed by atoms with Gasteiger partial charge in [0.2, 0.25) is 0 Å². The van der Waals surface area contributed by atoms with Gasteiger partial charge in [0.15, 0.2) is 0 Å². The third kappa shape index (κ3) is 2.42. The second-order valence-corrected chi connectivity index (χ2v) is 5.94. The first-order chi connectivity index (χ1) is 5.84. The van der Waals surface area contributed by atoms with Gasteiger partial charge in [-0.25, -0.2) is 4.68 Å². The third-order valence-corrected chi connectivity index (χ3v) is 4.40. The van der Waals surface area contributed by atoms with Crippen LogP contribution in [0.1, 0.15) is 20.8 Å². The molecular formula is C8H10I2N2O. The van der Waals surface area contributed by atoms with Crippen LogP contribution in [0.15, 0.2) is 11.0 Å². The fourth-order valence-corrected chi connectivity index (χ4v) is 1.61. The minimum atomic E-state index is -0.249. The van der Waals surface area contributed by atoms with E-state index < -0.39 is 0 Å². The van der Waals surface area contributed by atoms with Crippen LogP contribution in [0.25, 0.3) is 0 Å². The van der Waals surface area contributed by atoms with Gasteiger partial charge in [0, 0.05) is 0 Å². The summed E-state index contributed by atoms with van der Waals surface area (Å²) in [7, 11) is 0. The lowest BCUT2D eigenvalue weighted by molar-refractivity contribution is 0.336. The molecule has 0 aliphatic carbocycles. The molecule has 1 aromatic heterocycles. The average Bonchev–Trinajstić information content (AvgIpc) is 1.98. The molecule has 0 saturated heterocycles. The van der Waals surface area contributed by atoms with Gasteiger partial charge in [-0.1, -0.05) is 0 Å². The van der Waals surface area contributed by atoms with Crippen molar-refractivity contribution in [3.63, 3.8) is 0 Å². The van der Waals surface area contributed by atoms with Crippen molar-refractivity contribution >= 4 is 45.2 Å². The maximum atomic E-state index is 11.7. The molecule has 0 aromatic carbocycles. The van der Waals surface area contributed by atoms with Crippen LogP contribution in [0.3, 0.4) is 0 Å². The van der Waals surface area contributed by atoms with E-state index in [0.29, 0.717) is 0 Å². The van der Waals surface area contributed by atoms with Gasteiger partial charge in [-0.3, -0.25) is 4.79 Å². The molecule has 0 spiro atoms. The van der Waals surface area contributed by atoms with Gasteiger partial charge in [0.05, 0.1) is 18.9 Å². The van der Waals surface area contributed by atoms with E-state index >= 15 is 0 Å². The molecule has 0 unspecified atom stereocenters. The number of nitrogens with zero attached hydrogens (tertiary/aromatic N) is 2. The maximum Gasteiger partial charge on any atom is 0.281 e. The number of hydrogen-bond donors (Lipinski definition) is 0. The van der Waals surface area contributed by atoms with E-state index in [4.69, 9.17) is 0 Å². The molecule has 13 heavy (non-hydrogen) atoms. The third-order valence-electron chi connectivity index (χ3n) is 1.51. The van der Waals surface area contributed by atoms with Crippen LogP contribution in [0.4, 0.5) is 0 Å². The Kier molecular flexibility index (Phi) is 3.37. The Hall–Kier alpha value is 0.340. The molecule has 1 heterocycles. The molecule has 0 radical (unpaired) electrons. The van der Waals surface area contributed by atoms with Crippen molar-refractivity contribution in [3.05, 3.63) is 23.7 Å². The lowest BCUT2D eigenvalue weighted by atomic mass is 10.1. The Balaban J connectivity index is 3.44. The number of rotatable bonds is 0. The zero-order chi connectivity index (χ0) is 10.2. The molecule has 0 saturated carbocycles. The van der Waals surface area contributed by atoms with Crippen molar-refractivity contribution in [2.24, 2.45) is 0 Å². The van der Waals surface area contributed by atoms with Gasteiger partial charge in [-0.2, -0.15) is 5.10 Å². The number of halogens is 2. The van der Waals surface area contributed by atoms with E-state index in [1.165, 1.54) is 4.68 Å². The molecule has 1 rings (SSSR count). The van der Waals surface area contributed by atoms with Crippen LogP contribution in [0.5, 0.6) is 0 Å². The highest BCUT2D eigenvalue weighted by molar-refractivity contribution is 14.1. The Labute approximate surface area is 104 Å². The molecule has 0 amide bonds. The van der Waals surface area contributed by atoms with Crippen LogP contribution in [0.2, 0.25) is 0 Å². The van der Waals surface area contributed by atoms with Crippen LogP contribution >= 0.6 is 45.2 Å². The van der Waals surface area contributed by atoms with Gasteiger partial charge in [0.25, 0.3) is 5.56 Å². The summed E-state index contributed by atoms with van der Waals surface area (Å²) < 4.78 is 3.16. The second-order valence-electron chi connectivity index (χ2n) is 3.69. The minimum Gasteiger partial charge on any atom is -0.267 e. The molecular weight excluding hydrogens is 394 g/mol. The molecule has 0 fully saturated rings. The van der Waals surface area contributed by atoms with Crippen molar-refractivity contribution in [1.82, 2.24) is 9.78 Å². The first kappa shape index (κ1) is 11.4. The van der Waals surface area contributed by atoms with Gasteiger partial charge in [-0.15, -0.1) is 0 Å². The Morgan fingerprint density at radius 3 is 2.38 bits per heavy atom. The quantitative estimate of drug-likeness (QED) is 0.622. The summed E-state index contributed by atoms with van der Waals surface area (Å²) in [5.74, 6) is 0. The van der Waals surface area contributed by atoms with E-state index in [9.17, 15) is 4.79 Å². The lowest BCUT2D eigenvalue weighted by Crippen LogP contribution is -2.37. The zero-order valence-corrected chi connectivity index (χ0v) is 12.0. The zero-order valence-electron chi connectivity index (χ0n) is 7.64. The highest BCUT2D eigenvalue weighted by Crippen LogP contribution is 2.13. The van der Waals surface area contributed by atoms with Gasteiger partial charge in [-0.05, 0) is 66.0 Å². The smallest absolute Gasteiger partial charge is 0.267 e. The summed E-state index contributed by atoms with van der Waals surface area (Å²) in [5.41, 5.74) is -0.263. The highest BCUT2D eigenvalue weighted by Gasteiger charge is 2.17. The van der Waals surface area contributed by atoms with Crippen molar-refractivity contribution in [2.75, 3.05) is 0 Å². The molecule has 72 valence electrons. The first-order valence-electron chi connectivity index (χ1n) is 3.78. The summed E-state index contributed by atoms with van der Waals surface area (Å²) in [6.07, 6.45) is 1.72. The van der Waals surface area contributed by atoms with Crippen LogP contribution < -0.4 is 5.56 Å². The number of aromatic nitrogens is 2. The molecule has 0 N–H and O–H groups in total. The monoisotopic (exact) mass is 404 g/mol. The highest BCUT2D eigenvalue weighted by atomic mass is 127. The van der Waals surface area contributed by atoms with Gasteiger partial charge < -0.3 is 0 Å². The van der Waals surface area contributed by atoms with Crippen LogP contribution in [-0.2, 0) is 5.54 Å². The van der Waals surface area contributed by atoms with Crippen molar-refractivity contribution in [1.29, 1.82) is 0 Å². The summed E-state index contributed by atoms with van der Waals surface area (Å²) in [4.78, 5) is 11.7. The average molecular weight is 404 g/mol. The maximum absolute atomic E-state index is 11.7. The van der Waals surface area contributed by atoms with Crippen LogP contribution in [-0.4, -0.2) is 9.78 Å². The Morgan fingerprint density at radius 2 is 1.92 bits per heavy atom. The molecule has 0 aliphatic rings. The Morgan fingerprint density at radius 1 is 1.38 bits per heavy atom. The molecule has 1 aromatic rings. The Bertz CT molecular complexity index is 379. The molecule has 0 atom stereocenters. The van der Waals surface area contributed by atoms with E-state index in [2.05, 4.69) is 50.3 Å². The summed E-state index contributed by atoms with van der Waals surface area (Å²) in [6, 6.07) is 0. The molecule has 3 nitrogen and oxygen atoms in total. The number of hydrogen-bond acceptors (Lipinski definition) is 2. The molecule has 0 bridgehead atoms. The summed E-state index contributed by atoms with van der Waals surface area (Å²) in [6.45, 7) is 5.89. The fraction of sp³-hybridized carbons (Fsp3) is 0.500. The normalized spacial score (nSPS) is 11.8. The standard InChI is InChI=1S/C8H10I2N2O/c1-8(2,3)12-7(13)6(10)5(9)4-11-12/h4H,1-3H3. The first-order valence-corrected chi connectivity index (χ1v) is 5.93. The second kappa shape index (κ2) is 3.84. The lowest BCUT2D eigenvalue weighted by Gasteiger charge is -2.20. The van der Waals surface area contributed by atoms with Crippen molar-refractivity contribution < 1.29 is 0 Å². The molecule has 5 heteroatoms. The fourth-order valence-electron chi connectivity index (χ4n) is 0.891.